The van der Waals surface area contributed by atoms with E-state index in [1.165, 1.54) is 4.57 Å². The lowest BCUT2D eigenvalue weighted by Gasteiger charge is -2.07. The van der Waals surface area contributed by atoms with Crippen LogP contribution in [-0.2, 0) is 9.47 Å². The number of ether oxygens (including phenoxy) is 2. The molecular weight excluding hydrogens is 338 g/mol. The Bertz CT molecular complexity index is 840. The van der Waals surface area contributed by atoms with E-state index in [4.69, 9.17) is 16.3 Å². The maximum Gasteiger partial charge on any atom is 0.426 e. The quantitative estimate of drug-likeness (QED) is 0.850. The van der Waals surface area contributed by atoms with Crippen LogP contribution in [0.2, 0.25) is 5.02 Å². The van der Waals surface area contributed by atoms with Crippen LogP contribution in [0.5, 0.6) is 0 Å². The standard InChI is InChI=1S/C15H16ClN3O5/c1-4-24-13(20)12-9(2)18(11-7-5-6-10(16)8-11)15(22)19(12)17-14(21)23-3/h5-8H,4H2,1-3H3,(H,17,21). The smallest absolute Gasteiger partial charge is 0.426 e. The van der Waals surface area contributed by atoms with E-state index in [-0.39, 0.29) is 18.0 Å². The molecule has 24 heavy (non-hydrogen) atoms. The van der Waals surface area contributed by atoms with Crippen molar-refractivity contribution in [1.82, 2.24) is 9.24 Å². The number of amides is 1. The van der Waals surface area contributed by atoms with Gasteiger partial charge in [-0.25, -0.2) is 19.8 Å². The summed E-state index contributed by atoms with van der Waals surface area (Å²) in [5, 5.41) is 0.421. The van der Waals surface area contributed by atoms with Crippen LogP contribution in [0.15, 0.2) is 29.1 Å². The Morgan fingerprint density at radius 3 is 2.62 bits per heavy atom. The van der Waals surface area contributed by atoms with E-state index in [0.717, 1.165) is 11.8 Å². The van der Waals surface area contributed by atoms with Gasteiger partial charge in [0.1, 0.15) is 0 Å². The maximum atomic E-state index is 12.7. The summed E-state index contributed by atoms with van der Waals surface area (Å²) in [5.41, 5.74) is 2.17. The molecule has 0 aliphatic carbocycles. The van der Waals surface area contributed by atoms with E-state index in [2.05, 4.69) is 10.2 Å². The summed E-state index contributed by atoms with van der Waals surface area (Å²) in [5.74, 6) is -0.746. The van der Waals surface area contributed by atoms with Crippen LogP contribution in [0.3, 0.4) is 0 Å². The second-order valence-electron chi connectivity index (χ2n) is 4.69. The van der Waals surface area contributed by atoms with E-state index >= 15 is 0 Å². The number of imidazole rings is 1. The number of nitrogens with zero attached hydrogens (tertiary/aromatic N) is 2. The third-order valence-corrected chi connectivity index (χ3v) is 3.44. The molecule has 0 atom stereocenters. The van der Waals surface area contributed by atoms with Gasteiger partial charge < -0.3 is 9.47 Å². The minimum absolute atomic E-state index is 0.104. The molecule has 1 amide bonds. The van der Waals surface area contributed by atoms with Crippen molar-refractivity contribution in [1.29, 1.82) is 0 Å². The third kappa shape index (κ3) is 3.28. The molecule has 1 aromatic heterocycles. The fourth-order valence-corrected chi connectivity index (χ4v) is 2.39. The monoisotopic (exact) mass is 353 g/mol. The van der Waals surface area contributed by atoms with Crippen molar-refractivity contribution in [2.45, 2.75) is 13.8 Å². The van der Waals surface area contributed by atoms with Crippen LogP contribution < -0.4 is 11.1 Å². The van der Waals surface area contributed by atoms with Crippen molar-refractivity contribution < 1.29 is 19.1 Å². The first kappa shape index (κ1) is 17.6. The van der Waals surface area contributed by atoms with E-state index < -0.39 is 17.8 Å². The van der Waals surface area contributed by atoms with Gasteiger partial charge in [0.05, 0.1) is 25.1 Å². The van der Waals surface area contributed by atoms with Crippen molar-refractivity contribution in [2.24, 2.45) is 0 Å². The van der Waals surface area contributed by atoms with E-state index in [1.807, 2.05) is 0 Å². The predicted molar refractivity (Wildman–Crippen MR) is 87.5 cm³/mol. The number of hydrogen-bond donors (Lipinski definition) is 1. The lowest BCUT2D eigenvalue weighted by Crippen LogP contribution is -2.36. The third-order valence-electron chi connectivity index (χ3n) is 3.21. The molecule has 1 N–H and O–H groups in total. The first-order chi connectivity index (χ1) is 11.4. The molecule has 0 bridgehead atoms. The van der Waals surface area contributed by atoms with Gasteiger partial charge in [0.2, 0.25) is 0 Å². The highest BCUT2D eigenvalue weighted by molar-refractivity contribution is 6.30. The highest BCUT2D eigenvalue weighted by Gasteiger charge is 2.26. The summed E-state index contributed by atoms with van der Waals surface area (Å²) in [7, 11) is 1.14. The molecule has 1 heterocycles. The number of methoxy groups -OCH3 is 1. The number of carbonyl (C=O) groups excluding carboxylic acids is 2. The van der Waals surface area contributed by atoms with Crippen molar-refractivity contribution in [3.63, 3.8) is 0 Å². The second-order valence-corrected chi connectivity index (χ2v) is 5.13. The maximum absolute atomic E-state index is 12.7. The Balaban J connectivity index is 2.69. The summed E-state index contributed by atoms with van der Waals surface area (Å²) in [6.45, 7) is 3.31. The number of halogens is 1. The average Bonchev–Trinajstić information content (AvgIpc) is 2.78. The Kier molecular flexibility index (Phi) is 5.30. The Hall–Kier alpha value is -2.74. The molecule has 0 spiro atoms. The molecule has 128 valence electrons. The molecule has 0 saturated carbocycles. The topological polar surface area (TPSA) is 91.6 Å². The fraction of sp³-hybridized carbons (Fsp3) is 0.267. The van der Waals surface area contributed by atoms with Gasteiger partial charge in [-0.05, 0) is 32.0 Å². The molecule has 0 radical (unpaired) electrons. The molecule has 0 aliphatic rings. The van der Waals surface area contributed by atoms with Crippen LogP contribution in [0, 0.1) is 6.92 Å². The van der Waals surface area contributed by atoms with Gasteiger partial charge in [-0.3, -0.25) is 4.57 Å². The lowest BCUT2D eigenvalue weighted by molar-refractivity contribution is 0.0514. The summed E-state index contributed by atoms with van der Waals surface area (Å²) in [6.07, 6.45) is -0.897. The molecule has 8 nitrogen and oxygen atoms in total. The van der Waals surface area contributed by atoms with Gasteiger partial charge in [-0.2, -0.15) is 4.68 Å². The highest BCUT2D eigenvalue weighted by Crippen LogP contribution is 2.17. The zero-order valence-corrected chi connectivity index (χ0v) is 14.1. The number of esters is 1. The number of carbonyl (C=O) groups is 2. The van der Waals surface area contributed by atoms with Crippen LogP contribution >= 0.6 is 11.6 Å². The first-order valence-corrected chi connectivity index (χ1v) is 7.40. The first-order valence-electron chi connectivity index (χ1n) is 7.03. The number of hydrogen-bond acceptors (Lipinski definition) is 5. The minimum Gasteiger partial charge on any atom is -0.461 e. The molecule has 2 rings (SSSR count). The average molecular weight is 354 g/mol. The number of rotatable bonds is 4. The second kappa shape index (κ2) is 7.22. The zero-order valence-electron chi connectivity index (χ0n) is 13.3. The van der Waals surface area contributed by atoms with Crippen molar-refractivity contribution in [2.75, 3.05) is 19.1 Å². The molecule has 2 aromatic rings. The highest BCUT2D eigenvalue weighted by atomic mass is 35.5. The number of aromatic nitrogens is 2. The minimum atomic E-state index is -0.897. The van der Waals surface area contributed by atoms with Crippen LogP contribution in [0.1, 0.15) is 23.1 Å². The number of nitrogens with one attached hydrogen (secondary N) is 1. The van der Waals surface area contributed by atoms with Gasteiger partial charge in [-0.1, -0.05) is 17.7 Å². The summed E-state index contributed by atoms with van der Waals surface area (Å²) in [6, 6.07) is 6.53. The van der Waals surface area contributed by atoms with Crippen molar-refractivity contribution >= 4 is 23.7 Å². The van der Waals surface area contributed by atoms with Gasteiger partial charge in [0, 0.05) is 5.02 Å². The normalized spacial score (nSPS) is 10.3. The predicted octanol–water partition coefficient (Wildman–Crippen LogP) is 2.09. The summed E-state index contributed by atoms with van der Waals surface area (Å²) >= 11 is 5.96. The molecule has 0 saturated heterocycles. The molecular formula is C15H16ClN3O5. The Labute approximate surface area is 142 Å². The van der Waals surface area contributed by atoms with Crippen LogP contribution in [-0.4, -0.2) is 35.0 Å². The van der Waals surface area contributed by atoms with Gasteiger partial charge >= 0.3 is 17.8 Å². The van der Waals surface area contributed by atoms with Crippen molar-refractivity contribution in [3.05, 3.63) is 51.2 Å². The summed E-state index contributed by atoms with van der Waals surface area (Å²) < 4.78 is 11.5. The molecule has 0 unspecified atom stereocenters. The molecule has 0 aliphatic heterocycles. The van der Waals surface area contributed by atoms with Crippen LogP contribution in [0.4, 0.5) is 4.79 Å². The van der Waals surface area contributed by atoms with E-state index in [9.17, 15) is 14.4 Å². The molecule has 9 heteroatoms. The Morgan fingerprint density at radius 2 is 2.04 bits per heavy atom. The Morgan fingerprint density at radius 1 is 1.33 bits per heavy atom. The summed E-state index contributed by atoms with van der Waals surface area (Å²) in [4.78, 5) is 36.4. The largest absolute Gasteiger partial charge is 0.461 e. The molecule has 1 aromatic carbocycles. The van der Waals surface area contributed by atoms with Crippen molar-refractivity contribution in [3.8, 4) is 5.69 Å². The molecule has 0 fully saturated rings. The fourth-order valence-electron chi connectivity index (χ4n) is 2.21. The van der Waals surface area contributed by atoms with E-state index in [0.29, 0.717) is 10.7 Å². The van der Waals surface area contributed by atoms with Gasteiger partial charge in [0.15, 0.2) is 5.69 Å². The van der Waals surface area contributed by atoms with Crippen LogP contribution in [0.25, 0.3) is 5.69 Å². The lowest BCUT2D eigenvalue weighted by atomic mass is 10.3. The van der Waals surface area contributed by atoms with E-state index in [1.54, 1.807) is 38.1 Å². The van der Waals surface area contributed by atoms with Gasteiger partial charge in [0.25, 0.3) is 0 Å². The SMILES string of the molecule is CCOC(=O)c1c(C)n(-c2cccc(Cl)c2)c(=O)n1NC(=O)OC. The number of benzene rings is 1. The van der Waals surface area contributed by atoms with Gasteiger partial charge in [-0.15, -0.1) is 0 Å². The zero-order chi connectivity index (χ0) is 17.9.